The third kappa shape index (κ3) is 5.33. The minimum absolute atomic E-state index is 0.222. The van der Waals surface area contributed by atoms with Gasteiger partial charge in [-0.05, 0) is 25.7 Å². The van der Waals surface area contributed by atoms with Crippen LogP contribution in [0.15, 0.2) is 0 Å². The van der Waals surface area contributed by atoms with Crippen LogP contribution in [0, 0.1) is 5.92 Å². The Balaban J connectivity index is 2.68. The van der Waals surface area contributed by atoms with Crippen LogP contribution in [0.4, 0.5) is 0 Å². The van der Waals surface area contributed by atoms with E-state index in [1.54, 1.807) is 0 Å². The Bertz CT molecular complexity index is 245. The van der Waals surface area contributed by atoms with E-state index in [0.717, 1.165) is 32.2 Å². The summed E-state index contributed by atoms with van der Waals surface area (Å²) in [6, 6.07) is 0.455. The quantitative estimate of drug-likeness (QED) is 0.597. The predicted molar refractivity (Wildman–Crippen MR) is 82.6 cm³/mol. The van der Waals surface area contributed by atoms with E-state index in [4.69, 9.17) is 11.6 Å². The lowest BCUT2D eigenvalue weighted by Gasteiger charge is -2.36. The molecular formula is C16H30ClNO. The summed E-state index contributed by atoms with van der Waals surface area (Å²) >= 11 is 5.92. The predicted octanol–water partition coefficient (Wildman–Crippen LogP) is 4.60. The minimum Gasteiger partial charge on any atom is -0.338 e. The van der Waals surface area contributed by atoms with E-state index in [2.05, 4.69) is 18.7 Å². The molecule has 0 radical (unpaired) electrons. The van der Waals surface area contributed by atoms with Gasteiger partial charge in [0.2, 0.25) is 5.91 Å². The Labute approximate surface area is 123 Å². The SMILES string of the molecule is CCCC(CCC)C(=O)N(CCCl)C1CCCCC1. The Kier molecular flexibility index (Phi) is 8.52. The molecule has 1 amide bonds. The van der Waals surface area contributed by atoms with Crippen LogP contribution in [0.3, 0.4) is 0 Å². The molecule has 0 aromatic carbocycles. The number of hydrogen-bond acceptors (Lipinski definition) is 1. The molecule has 1 aliphatic rings. The molecule has 0 saturated heterocycles. The van der Waals surface area contributed by atoms with E-state index in [-0.39, 0.29) is 5.92 Å². The van der Waals surface area contributed by atoms with Crippen molar-refractivity contribution in [2.45, 2.75) is 77.7 Å². The number of amides is 1. The number of halogens is 1. The van der Waals surface area contributed by atoms with Crippen molar-refractivity contribution in [1.29, 1.82) is 0 Å². The molecule has 112 valence electrons. The van der Waals surface area contributed by atoms with Gasteiger partial charge in [0.1, 0.15) is 0 Å². The van der Waals surface area contributed by atoms with E-state index < -0.39 is 0 Å². The maximum Gasteiger partial charge on any atom is 0.225 e. The lowest BCUT2D eigenvalue weighted by Crippen LogP contribution is -2.45. The molecule has 0 atom stereocenters. The number of rotatable bonds is 8. The first-order valence-corrected chi connectivity index (χ1v) is 8.64. The van der Waals surface area contributed by atoms with Crippen LogP contribution in [0.1, 0.15) is 71.6 Å². The monoisotopic (exact) mass is 287 g/mol. The molecular weight excluding hydrogens is 258 g/mol. The molecule has 0 aliphatic heterocycles. The van der Waals surface area contributed by atoms with Gasteiger partial charge in [0.15, 0.2) is 0 Å². The van der Waals surface area contributed by atoms with E-state index in [0.29, 0.717) is 17.8 Å². The second-order valence-electron chi connectivity index (χ2n) is 5.79. The van der Waals surface area contributed by atoms with Crippen LogP contribution >= 0.6 is 11.6 Å². The molecule has 1 fully saturated rings. The van der Waals surface area contributed by atoms with Gasteiger partial charge >= 0.3 is 0 Å². The van der Waals surface area contributed by atoms with Crippen molar-refractivity contribution in [2.75, 3.05) is 12.4 Å². The summed E-state index contributed by atoms with van der Waals surface area (Å²) in [6.45, 7) is 5.07. The maximum absolute atomic E-state index is 12.8. The minimum atomic E-state index is 0.222. The summed E-state index contributed by atoms with van der Waals surface area (Å²) in [5.41, 5.74) is 0. The second-order valence-corrected chi connectivity index (χ2v) is 6.16. The Morgan fingerprint density at radius 2 is 1.74 bits per heavy atom. The molecule has 0 unspecified atom stereocenters. The summed E-state index contributed by atoms with van der Waals surface area (Å²) < 4.78 is 0. The van der Waals surface area contributed by atoms with Crippen LogP contribution in [0.25, 0.3) is 0 Å². The van der Waals surface area contributed by atoms with Gasteiger partial charge in [-0.1, -0.05) is 46.0 Å². The van der Waals surface area contributed by atoms with Crippen molar-refractivity contribution in [3.63, 3.8) is 0 Å². The first-order chi connectivity index (χ1) is 9.24. The van der Waals surface area contributed by atoms with Crippen LogP contribution in [-0.2, 0) is 4.79 Å². The van der Waals surface area contributed by atoms with E-state index in [9.17, 15) is 4.79 Å². The molecule has 1 aliphatic carbocycles. The first-order valence-electron chi connectivity index (χ1n) is 8.11. The van der Waals surface area contributed by atoms with Gasteiger partial charge in [-0.15, -0.1) is 11.6 Å². The molecule has 1 rings (SSSR count). The van der Waals surface area contributed by atoms with Crippen LogP contribution in [-0.4, -0.2) is 29.3 Å². The van der Waals surface area contributed by atoms with Gasteiger partial charge in [0, 0.05) is 24.4 Å². The van der Waals surface area contributed by atoms with E-state index in [1.165, 1.54) is 32.1 Å². The highest BCUT2D eigenvalue weighted by atomic mass is 35.5. The second kappa shape index (κ2) is 9.63. The van der Waals surface area contributed by atoms with Gasteiger partial charge in [-0.3, -0.25) is 4.79 Å². The first kappa shape index (κ1) is 16.8. The van der Waals surface area contributed by atoms with Gasteiger partial charge < -0.3 is 4.90 Å². The van der Waals surface area contributed by atoms with Crippen molar-refractivity contribution in [2.24, 2.45) is 5.92 Å². The van der Waals surface area contributed by atoms with Crippen molar-refractivity contribution >= 4 is 17.5 Å². The summed E-state index contributed by atoms with van der Waals surface area (Å²) in [4.78, 5) is 14.9. The average molecular weight is 288 g/mol. The third-order valence-electron chi connectivity index (χ3n) is 4.25. The van der Waals surface area contributed by atoms with Crippen LogP contribution in [0.5, 0.6) is 0 Å². The number of alkyl halides is 1. The third-order valence-corrected chi connectivity index (χ3v) is 4.42. The molecule has 0 N–H and O–H groups in total. The fourth-order valence-corrected chi connectivity index (χ4v) is 3.46. The summed E-state index contributed by atoms with van der Waals surface area (Å²) in [7, 11) is 0. The van der Waals surface area contributed by atoms with Crippen molar-refractivity contribution in [3.8, 4) is 0 Å². The lowest BCUT2D eigenvalue weighted by molar-refractivity contribution is -0.138. The van der Waals surface area contributed by atoms with E-state index in [1.807, 2.05) is 0 Å². The summed E-state index contributed by atoms with van der Waals surface area (Å²) in [5.74, 6) is 1.16. The zero-order chi connectivity index (χ0) is 14.1. The van der Waals surface area contributed by atoms with E-state index >= 15 is 0 Å². The van der Waals surface area contributed by atoms with Gasteiger partial charge in [0.05, 0.1) is 0 Å². The summed E-state index contributed by atoms with van der Waals surface area (Å²) in [6.07, 6.45) is 10.4. The lowest BCUT2D eigenvalue weighted by atomic mass is 9.91. The zero-order valence-electron chi connectivity index (χ0n) is 12.7. The average Bonchev–Trinajstić information content (AvgIpc) is 2.45. The number of nitrogens with zero attached hydrogens (tertiary/aromatic N) is 1. The van der Waals surface area contributed by atoms with Gasteiger partial charge in [0.25, 0.3) is 0 Å². The zero-order valence-corrected chi connectivity index (χ0v) is 13.4. The number of carbonyl (C=O) groups excluding carboxylic acids is 1. The molecule has 1 saturated carbocycles. The Hall–Kier alpha value is -0.240. The standard InChI is InChI=1S/C16H30ClNO/c1-3-8-14(9-4-2)16(19)18(13-12-17)15-10-6-5-7-11-15/h14-15H,3-13H2,1-2H3. The molecule has 0 aromatic rings. The normalized spacial score (nSPS) is 16.8. The largest absolute Gasteiger partial charge is 0.338 e. The fourth-order valence-electron chi connectivity index (χ4n) is 3.28. The van der Waals surface area contributed by atoms with Crippen molar-refractivity contribution in [3.05, 3.63) is 0 Å². The topological polar surface area (TPSA) is 20.3 Å². The molecule has 19 heavy (non-hydrogen) atoms. The summed E-state index contributed by atoms with van der Waals surface area (Å²) in [5, 5.41) is 0. The maximum atomic E-state index is 12.8. The smallest absolute Gasteiger partial charge is 0.225 e. The van der Waals surface area contributed by atoms with Gasteiger partial charge in [-0.25, -0.2) is 0 Å². The molecule has 0 aromatic heterocycles. The highest BCUT2D eigenvalue weighted by Crippen LogP contribution is 2.26. The highest BCUT2D eigenvalue weighted by Gasteiger charge is 2.29. The van der Waals surface area contributed by atoms with Crippen LogP contribution < -0.4 is 0 Å². The van der Waals surface area contributed by atoms with Crippen molar-refractivity contribution in [1.82, 2.24) is 4.90 Å². The van der Waals surface area contributed by atoms with Crippen molar-refractivity contribution < 1.29 is 4.79 Å². The fraction of sp³-hybridized carbons (Fsp3) is 0.938. The van der Waals surface area contributed by atoms with Gasteiger partial charge in [-0.2, -0.15) is 0 Å². The number of hydrogen-bond donors (Lipinski definition) is 0. The molecule has 3 heteroatoms. The molecule has 0 heterocycles. The molecule has 2 nitrogen and oxygen atoms in total. The van der Waals surface area contributed by atoms with Crippen LogP contribution in [0.2, 0.25) is 0 Å². The molecule has 0 spiro atoms. The molecule has 0 bridgehead atoms. The number of carbonyl (C=O) groups is 1. The highest BCUT2D eigenvalue weighted by molar-refractivity contribution is 6.18. The Morgan fingerprint density at radius 3 is 2.21 bits per heavy atom. The Morgan fingerprint density at radius 1 is 1.16 bits per heavy atom.